The Morgan fingerprint density at radius 2 is 2.27 bits per heavy atom. The van der Waals surface area contributed by atoms with Gasteiger partial charge in [-0.25, -0.2) is 0 Å². The highest BCUT2D eigenvalue weighted by atomic mass is 16.2. The third-order valence-electron chi connectivity index (χ3n) is 3.15. The van der Waals surface area contributed by atoms with Crippen molar-refractivity contribution in [3.63, 3.8) is 0 Å². The molecule has 0 spiro atoms. The van der Waals surface area contributed by atoms with Crippen LogP contribution in [0.4, 0.5) is 0 Å². The van der Waals surface area contributed by atoms with Crippen LogP contribution in [0.5, 0.6) is 0 Å². The number of amides is 1. The van der Waals surface area contributed by atoms with Crippen LogP contribution in [0.25, 0.3) is 0 Å². The zero-order chi connectivity index (χ0) is 10.3. The van der Waals surface area contributed by atoms with Crippen molar-refractivity contribution in [1.29, 1.82) is 0 Å². The van der Waals surface area contributed by atoms with Gasteiger partial charge in [0.2, 0.25) is 0 Å². The molecule has 0 aliphatic heterocycles. The smallest absolute Gasteiger partial charge is 0.257 e. The Hall–Kier alpha value is -1.32. The van der Waals surface area contributed by atoms with Gasteiger partial charge in [0.05, 0.1) is 11.8 Å². The van der Waals surface area contributed by atoms with E-state index in [1.807, 2.05) is 4.90 Å². The van der Waals surface area contributed by atoms with E-state index in [-0.39, 0.29) is 5.91 Å². The average molecular weight is 205 g/mol. The van der Waals surface area contributed by atoms with Crippen molar-refractivity contribution in [2.24, 2.45) is 5.92 Å². The lowest BCUT2D eigenvalue weighted by Gasteiger charge is -2.21. The zero-order valence-electron chi connectivity index (χ0n) is 8.65. The van der Waals surface area contributed by atoms with Crippen LogP contribution in [-0.2, 0) is 0 Å². The van der Waals surface area contributed by atoms with Crippen molar-refractivity contribution in [2.45, 2.75) is 31.7 Å². The molecule has 0 saturated heterocycles. The fraction of sp³-hybridized carbons (Fsp3) is 0.636. The van der Waals surface area contributed by atoms with Gasteiger partial charge in [-0.05, 0) is 31.6 Å². The lowest BCUT2D eigenvalue weighted by atomic mass is 10.2. The summed E-state index contributed by atoms with van der Waals surface area (Å²) in [6.45, 7) is 0.953. The van der Waals surface area contributed by atoms with E-state index in [1.165, 1.54) is 25.7 Å². The highest BCUT2D eigenvalue weighted by molar-refractivity contribution is 5.94. The lowest BCUT2D eigenvalue weighted by Crippen LogP contribution is -2.34. The maximum absolute atomic E-state index is 12.1. The summed E-state index contributed by atoms with van der Waals surface area (Å²) in [5, 5.41) is 6.52. The summed E-state index contributed by atoms with van der Waals surface area (Å²) in [6, 6.07) is 0.507. The summed E-state index contributed by atoms with van der Waals surface area (Å²) in [6.07, 6.45) is 8.24. The Morgan fingerprint density at radius 3 is 2.80 bits per heavy atom. The van der Waals surface area contributed by atoms with Crippen molar-refractivity contribution >= 4 is 5.91 Å². The van der Waals surface area contributed by atoms with Gasteiger partial charge in [-0.3, -0.25) is 9.89 Å². The fourth-order valence-electron chi connectivity index (χ4n) is 1.90. The van der Waals surface area contributed by atoms with Crippen LogP contribution in [0, 0.1) is 5.92 Å². The quantitative estimate of drug-likeness (QED) is 0.808. The molecule has 0 radical (unpaired) electrons. The largest absolute Gasteiger partial charge is 0.335 e. The maximum Gasteiger partial charge on any atom is 0.257 e. The van der Waals surface area contributed by atoms with Gasteiger partial charge in [0.15, 0.2) is 0 Å². The first-order valence-electron chi connectivity index (χ1n) is 5.64. The molecule has 1 N–H and O–H groups in total. The molecule has 2 aliphatic rings. The summed E-state index contributed by atoms with van der Waals surface area (Å²) < 4.78 is 0. The molecule has 1 aromatic heterocycles. The number of nitrogens with zero attached hydrogens (tertiary/aromatic N) is 2. The average Bonchev–Trinajstić information content (AvgIpc) is 3.14. The van der Waals surface area contributed by atoms with Gasteiger partial charge in [-0.1, -0.05) is 0 Å². The van der Waals surface area contributed by atoms with E-state index in [9.17, 15) is 4.79 Å². The molecule has 0 bridgehead atoms. The summed E-state index contributed by atoms with van der Waals surface area (Å²) in [4.78, 5) is 14.2. The predicted molar refractivity (Wildman–Crippen MR) is 55.4 cm³/mol. The van der Waals surface area contributed by atoms with Gasteiger partial charge in [0, 0.05) is 18.8 Å². The molecule has 1 heterocycles. The molecule has 80 valence electrons. The number of carbonyl (C=O) groups excluding carboxylic acids is 1. The van der Waals surface area contributed by atoms with Crippen molar-refractivity contribution in [3.05, 3.63) is 18.0 Å². The highest BCUT2D eigenvalue weighted by Gasteiger charge is 2.36. The molecule has 15 heavy (non-hydrogen) atoms. The minimum absolute atomic E-state index is 0.151. The Morgan fingerprint density at radius 1 is 1.47 bits per heavy atom. The Balaban J connectivity index is 1.72. The molecule has 0 atom stereocenters. The molecule has 2 saturated carbocycles. The minimum Gasteiger partial charge on any atom is -0.335 e. The normalized spacial score (nSPS) is 20.3. The molecule has 0 unspecified atom stereocenters. The van der Waals surface area contributed by atoms with Gasteiger partial charge in [0.1, 0.15) is 0 Å². The van der Waals surface area contributed by atoms with Crippen molar-refractivity contribution in [2.75, 3.05) is 6.54 Å². The van der Waals surface area contributed by atoms with E-state index in [4.69, 9.17) is 0 Å². The van der Waals surface area contributed by atoms with Crippen molar-refractivity contribution in [3.8, 4) is 0 Å². The summed E-state index contributed by atoms with van der Waals surface area (Å²) in [5.74, 6) is 0.916. The molecule has 2 aliphatic carbocycles. The van der Waals surface area contributed by atoms with E-state index in [0.29, 0.717) is 11.6 Å². The second kappa shape index (κ2) is 3.36. The van der Waals surface area contributed by atoms with E-state index < -0.39 is 0 Å². The standard InChI is InChI=1S/C11H15N3O/c15-11(9-5-12-13-6-9)14(10-3-4-10)7-8-1-2-8/h5-6,8,10H,1-4,7H2,(H,12,13). The number of nitrogens with one attached hydrogen (secondary N) is 1. The molecular formula is C11H15N3O. The van der Waals surface area contributed by atoms with E-state index >= 15 is 0 Å². The number of hydrogen-bond acceptors (Lipinski definition) is 2. The maximum atomic E-state index is 12.1. The predicted octanol–water partition coefficient (Wildman–Crippen LogP) is 1.42. The van der Waals surface area contributed by atoms with E-state index in [2.05, 4.69) is 10.2 Å². The Labute approximate surface area is 88.7 Å². The molecule has 4 heteroatoms. The highest BCUT2D eigenvalue weighted by Crippen LogP contribution is 2.35. The topological polar surface area (TPSA) is 49.0 Å². The molecule has 4 nitrogen and oxygen atoms in total. The van der Waals surface area contributed by atoms with E-state index in [1.54, 1.807) is 12.4 Å². The first-order valence-corrected chi connectivity index (χ1v) is 5.64. The number of rotatable bonds is 4. The summed E-state index contributed by atoms with van der Waals surface area (Å²) >= 11 is 0. The van der Waals surface area contributed by atoms with Crippen molar-refractivity contribution in [1.82, 2.24) is 15.1 Å². The Bertz CT molecular complexity index is 352. The number of hydrogen-bond donors (Lipinski definition) is 1. The molecular weight excluding hydrogens is 190 g/mol. The molecule has 2 fully saturated rings. The van der Waals surface area contributed by atoms with Gasteiger partial charge in [-0.15, -0.1) is 0 Å². The van der Waals surface area contributed by atoms with Crippen LogP contribution in [0.2, 0.25) is 0 Å². The Kier molecular flexibility index (Phi) is 2.01. The molecule has 0 aromatic carbocycles. The number of H-pyrrole nitrogens is 1. The SMILES string of the molecule is O=C(c1cn[nH]c1)N(CC1CC1)C1CC1. The zero-order valence-corrected chi connectivity index (χ0v) is 8.65. The van der Waals surface area contributed by atoms with Gasteiger partial charge in [0.25, 0.3) is 5.91 Å². The number of aromatic nitrogens is 2. The lowest BCUT2D eigenvalue weighted by molar-refractivity contribution is 0.0735. The van der Waals surface area contributed by atoms with Crippen LogP contribution in [-0.4, -0.2) is 33.6 Å². The second-order valence-corrected chi connectivity index (χ2v) is 4.62. The van der Waals surface area contributed by atoms with Gasteiger partial charge >= 0.3 is 0 Å². The first-order chi connectivity index (χ1) is 7.34. The summed E-state index contributed by atoms with van der Waals surface area (Å²) in [5.41, 5.74) is 0.697. The number of carbonyl (C=O) groups is 1. The minimum atomic E-state index is 0.151. The van der Waals surface area contributed by atoms with Gasteiger partial charge in [-0.2, -0.15) is 5.10 Å². The third-order valence-corrected chi connectivity index (χ3v) is 3.15. The molecule has 1 aromatic rings. The molecule has 1 amide bonds. The van der Waals surface area contributed by atoms with Crippen LogP contribution in [0.15, 0.2) is 12.4 Å². The van der Waals surface area contributed by atoms with Crippen molar-refractivity contribution < 1.29 is 4.79 Å². The van der Waals surface area contributed by atoms with E-state index in [0.717, 1.165) is 12.5 Å². The molecule has 3 rings (SSSR count). The third kappa shape index (κ3) is 1.89. The van der Waals surface area contributed by atoms with Gasteiger partial charge < -0.3 is 4.90 Å². The summed E-state index contributed by atoms with van der Waals surface area (Å²) in [7, 11) is 0. The van der Waals surface area contributed by atoms with Crippen LogP contribution < -0.4 is 0 Å². The van der Waals surface area contributed by atoms with Crippen LogP contribution in [0.3, 0.4) is 0 Å². The first kappa shape index (κ1) is 8.95. The monoisotopic (exact) mass is 205 g/mol. The fourth-order valence-corrected chi connectivity index (χ4v) is 1.90. The van der Waals surface area contributed by atoms with Crippen LogP contribution >= 0.6 is 0 Å². The number of aromatic amines is 1. The second-order valence-electron chi connectivity index (χ2n) is 4.62. The van der Waals surface area contributed by atoms with Crippen LogP contribution in [0.1, 0.15) is 36.0 Å².